The molecule has 6 rings (SSSR count). The SMILES string of the molecule is Cc1ccc2[nH]c(CN3C[C@@H]4CC(=O)NCCN(C)C(=O)c5cccn(c5=O)Cc5cn(nn5)[C@@H]4C3)c(C)c2c1. The average Bonchev–Trinajstić information content (AvgIpc) is 3.62. The summed E-state index contributed by atoms with van der Waals surface area (Å²) in [5, 5.41) is 13.0. The maximum absolute atomic E-state index is 13.1. The molecule has 11 heteroatoms. The van der Waals surface area contributed by atoms with Crippen LogP contribution in [0.4, 0.5) is 0 Å². The van der Waals surface area contributed by atoms with Crippen LogP contribution < -0.4 is 10.9 Å². The lowest BCUT2D eigenvalue weighted by Crippen LogP contribution is -2.39. The van der Waals surface area contributed by atoms with Crippen LogP contribution in [0, 0.1) is 19.8 Å². The maximum atomic E-state index is 13.1. The normalized spacial score (nSPS) is 20.6. The Hall–Kier alpha value is -4.25. The first-order valence-electron chi connectivity index (χ1n) is 13.7. The van der Waals surface area contributed by atoms with Crippen LogP contribution >= 0.6 is 0 Å². The van der Waals surface area contributed by atoms with E-state index in [2.05, 4.69) is 57.6 Å². The molecule has 208 valence electrons. The highest BCUT2D eigenvalue weighted by molar-refractivity contribution is 5.93. The number of benzene rings is 1. The van der Waals surface area contributed by atoms with E-state index < -0.39 is 0 Å². The third kappa shape index (κ3) is 4.92. The van der Waals surface area contributed by atoms with Gasteiger partial charge in [-0.25, -0.2) is 4.68 Å². The van der Waals surface area contributed by atoms with Gasteiger partial charge in [0.1, 0.15) is 11.3 Å². The second-order valence-electron chi connectivity index (χ2n) is 11.1. The van der Waals surface area contributed by atoms with Crippen LogP contribution in [0.5, 0.6) is 0 Å². The molecule has 3 aromatic heterocycles. The standard InChI is InChI=1S/C29H34N8O3/c1-18-6-7-24-23(11-18)19(2)25(31-24)16-35-13-20-12-27(38)30-8-10-34(3)28(39)22-5-4-9-36(29(22)40)14-21-15-37(33-32-21)26(20)17-35/h4-7,9,11,15,20,26,31H,8,10,12-14,16-17H2,1-3H3,(H,30,38)/t20-,26+/m0/s1. The summed E-state index contributed by atoms with van der Waals surface area (Å²) >= 11 is 0. The van der Waals surface area contributed by atoms with E-state index in [1.165, 1.54) is 37.7 Å². The fraction of sp³-hybridized carbons (Fsp3) is 0.414. The fourth-order valence-electron chi connectivity index (χ4n) is 5.98. The Labute approximate surface area is 231 Å². The average molecular weight is 543 g/mol. The monoisotopic (exact) mass is 542 g/mol. The number of carbonyl (C=O) groups excluding carboxylic acids is 2. The third-order valence-corrected chi connectivity index (χ3v) is 8.23. The second kappa shape index (κ2) is 10.4. The van der Waals surface area contributed by atoms with Crippen molar-refractivity contribution in [2.24, 2.45) is 5.92 Å². The number of likely N-dealkylation sites (N-methyl/N-ethyl adjacent to an activating group) is 1. The lowest BCUT2D eigenvalue weighted by atomic mass is 9.99. The predicted octanol–water partition coefficient (Wildman–Crippen LogP) is 1.85. The number of pyridine rings is 1. The number of aryl methyl sites for hydroxylation is 2. The largest absolute Gasteiger partial charge is 0.357 e. The van der Waals surface area contributed by atoms with Crippen molar-refractivity contribution in [3.8, 4) is 0 Å². The van der Waals surface area contributed by atoms with Gasteiger partial charge in [-0.1, -0.05) is 16.8 Å². The molecule has 2 N–H and O–H groups in total. The molecule has 2 amide bonds. The number of hydrogen-bond acceptors (Lipinski definition) is 6. The predicted molar refractivity (Wildman–Crippen MR) is 150 cm³/mol. The number of fused-ring (bicyclic) bond motifs is 7. The lowest BCUT2D eigenvalue weighted by Gasteiger charge is -2.20. The molecule has 1 saturated heterocycles. The summed E-state index contributed by atoms with van der Waals surface area (Å²) in [6, 6.07) is 9.63. The molecule has 0 saturated carbocycles. The number of aromatic nitrogens is 5. The fourth-order valence-corrected chi connectivity index (χ4v) is 5.98. The van der Waals surface area contributed by atoms with Crippen molar-refractivity contribution in [1.29, 1.82) is 0 Å². The van der Waals surface area contributed by atoms with Crippen molar-refractivity contribution in [2.75, 3.05) is 33.2 Å². The molecule has 5 heterocycles. The lowest BCUT2D eigenvalue weighted by molar-refractivity contribution is -0.122. The van der Waals surface area contributed by atoms with Gasteiger partial charge in [-0.2, -0.15) is 0 Å². The van der Waals surface area contributed by atoms with Crippen molar-refractivity contribution in [2.45, 2.75) is 39.4 Å². The van der Waals surface area contributed by atoms with Gasteiger partial charge in [0.05, 0.1) is 18.8 Å². The number of likely N-dealkylation sites (tertiary alicyclic amines) is 1. The van der Waals surface area contributed by atoms with Crippen LogP contribution in [0.3, 0.4) is 0 Å². The Morgan fingerprint density at radius 1 is 1.10 bits per heavy atom. The maximum Gasteiger partial charge on any atom is 0.263 e. The summed E-state index contributed by atoms with van der Waals surface area (Å²) in [5.74, 6) is -0.414. The first-order chi connectivity index (χ1) is 19.3. The Bertz CT molecular complexity index is 1650. The van der Waals surface area contributed by atoms with Crippen LogP contribution in [-0.4, -0.2) is 79.4 Å². The molecule has 40 heavy (non-hydrogen) atoms. The second-order valence-corrected chi connectivity index (χ2v) is 11.1. The highest BCUT2D eigenvalue weighted by Crippen LogP contribution is 2.32. The zero-order chi connectivity index (χ0) is 28.0. The summed E-state index contributed by atoms with van der Waals surface area (Å²) in [7, 11) is 1.64. The molecule has 2 aliphatic rings. The first-order valence-corrected chi connectivity index (χ1v) is 13.7. The van der Waals surface area contributed by atoms with Gasteiger partial charge in [-0.05, 0) is 43.7 Å². The molecule has 1 aromatic carbocycles. The number of hydrogen-bond donors (Lipinski definition) is 2. The Morgan fingerprint density at radius 3 is 2.80 bits per heavy atom. The van der Waals surface area contributed by atoms with E-state index in [1.54, 1.807) is 19.3 Å². The van der Waals surface area contributed by atoms with Gasteiger partial charge in [-0.3, -0.25) is 19.3 Å². The van der Waals surface area contributed by atoms with Gasteiger partial charge in [0.25, 0.3) is 11.5 Å². The van der Waals surface area contributed by atoms with Gasteiger partial charge >= 0.3 is 0 Å². The van der Waals surface area contributed by atoms with E-state index in [4.69, 9.17) is 0 Å². The van der Waals surface area contributed by atoms with E-state index in [1.807, 2.05) is 10.9 Å². The summed E-state index contributed by atoms with van der Waals surface area (Å²) < 4.78 is 3.33. The van der Waals surface area contributed by atoms with Crippen molar-refractivity contribution in [3.05, 3.63) is 81.2 Å². The molecule has 2 atom stereocenters. The smallest absolute Gasteiger partial charge is 0.263 e. The Kier molecular flexibility index (Phi) is 6.75. The van der Waals surface area contributed by atoms with Crippen LogP contribution in [0.1, 0.15) is 45.3 Å². The zero-order valence-electron chi connectivity index (χ0n) is 23.1. The number of rotatable bonds is 2. The number of carbonyl (C=O) groups is 2. The van der Waals surface area contributed by atoms with E-state index in [0.717, 1.165) is 25.2 Å². The molecule has 0 aliphatic carbocycles. The van der Waals surface area contributed by atoms with E-state index in [0.29, 0.717) is 25.2 Å². The van der Waals surface area contributed by atoms with Gasteiger partial charge in [0, 0.05) is 74.9 Å². The molecular formula is C29H34N8O3. The van der Waals surface area contributed by atoms with Crippen LogP contribution in [0.2, 0.25) is 0 Å². The number of amides is 2. The molecule has 0 unspecified atom stereocenters. The van der Waals surface area contributed by atoms with Crippen molar-refractivity contribution in [3.63, 3.8) is 0 Å². The number of nitrogens with one attached hydrogen (secondary N) is 2. The minimum atomic E-state index is -0.377. The summed E-state index contributed by atoms with van der Waals surface area (Å²) in [6.45, 7) is 7.28. The Morgan fingerprint density at radius 2 is 1.95 bits per heavy atom. The summed E-state index contributed by atoms with van der Waals surface area (Å²) in [6.07, 6.45) is 3.86. The third-order valence-electron chi connectivity index (χ3n) is 8.23. The van der Waals surface area contributed by atoms with Crippen LogP contribution in [-0.2, 0) is 17.9 Å². The van der Waals surface area contributed by atoms with Crippen molar-refractivity contribution < 1.29 is 9.59 Å². The zero-order valence-corrected chi connectivity index (χ0v) is 23.1. The highest BCUT2D eigenvalue weighted by Gasteiger charge is 2.36. The molecule has 0 spiro atoms. The minimum absolute atomic E-state index is 0.0276. The molecule has 1 fully saturated rings. The van der Waals surface area contributed by atoms with Crippen molar-refractivity contribution in [1.82, 2.24) is 39.7 Å². The molecular weight excluding hydrogens is 508 g/mol. The van der Waals surface area contributed by atoms with E-state index >= 15 is 0 Å². The van der Waals surface area contributed by atoms with Gasteiger partial charge < -0.3 is 19.8 Å². The summed E-state index contributed by atoms with van der Waals surface area (Å²) in [5.41, 5.74) is 5.12. The minimum Gasteiger partial charge on any atom is -0.357 e. The van der Waals surface area contributed by atoms with E-state index in [-0.39, 0.29) is 41.4 Å². The van der Waals surface area contributed by atoms with Gasteiger partial charge in [-0.15, -0.1) is 5.10 Å². The van der Waals surface area contributed by atoms with Crippen LogP contribution in [0.15, 0.2) is 47.5 Å². The van der Waals surface area contributed by atoms with Crippen molar-refractivity contribution >= 4 is 22.7 Å². The molecule has 4 bridgehead atoms. The van der Waals surface area contributed by atoms with Gasteiger partial charge in [0.15, 0.2) is 0 Å². The number of aromatic amines is 1. The molecule has 0 radical (unpaired) electrons. The highest BCUT2D eigenvalue weighted by atomic mass is 16.2. The topological polar surface area (TPSA) is 121 Å². The Balaban J connectivity index is 1.29. The van der Waals surface area contributed by atoms with Crippen LogP contribution in [0.25, 0.3) is 10.9 Å². The molecule has 4 aromatic rings. The summed E-state index contributed by atoms with van der Waals surface area (Å²) in [4.78, 5) is 46.4. The quantitative estimate of drug-likeness (QED) is 0.399. The first kappa shape index (κ1) is 26.0. The van der Waals surface area contributed by atoms with E-state index in [9.17, 15) is 14.4 Å². The number of H-pyrrole nitrogens is 1. The van der Waals surface area contributed by atoms with Gasteiger partial charge in [0.2, 0.25) is 5.91 Å². The number of nitrogens with zero attached hydrogens (tertiary/aromatic N) is 6. The molecule has 11 nitrogen and oxygen atoms in total. The molecule has 2 aliphatic heterocycles.